The lowest BCUT2D eigenvalue weighted by Crippen LogP contribution is -2.30. The van der Waals surface area contributed by atoms with Crippen molar-refractivity contribution in [3.63, 3.8) is 0 Å². The Morgan fingerprint density at radius 3 is 2.93 bits per heavy atom. The van der Waals surface area contributed by atoms with Crippen LogP contribution in [0, 0.1) is 5.92 Å². The van der Waals surface area contributed by atoms with Gasteiger partial charge < -0.3 is 5.11 Å². The summed E-state index contributed by atoms with van der Waals surface area (Å²) in [5.41, 5.74) is 0. The number of hydrogen-bond acceptors (Lipinski definition) is 3. The third-order valence-electron chi connectivity index (χ3n) is 2.53. The molecule has 1 aliphatic rings. The van der Waals surface area contributed by atoms with Crippen molar-refractivity contribution < 1.29 is 9.90 Å². The second-order valence-corrected chi connectivity index (χ2v) is 5.12. The van der Waals surface area contributed by atoms with Crippen molar-refractivity contribution in [2.45, 2.75) is 19.4 Å². The summed E-state index contributed by atoms with van der Waals surface area (Å²) in [5.74, 6) is 0.0107. The van der Waals surface area contributed by atoms with Crippen molar-refractivity contribution in [2.75, 3.05) is 13.1 Å². The number of aliphatic carboxylic acids is 1. The Balaban J connectivity index is 1.88. The fraction of sp³-hybridized carbons (Fsp3) is 0.545. The van der Waals surface area contributed by atoms with Crippen molar-refractivity contribution in [2.24, 2.45) is 5.92 Å². The largest absolute Gasteiger partial charge is 0.480 e. The van der Waals surface area contributed by atoms with Gasteiger partial charge >= 0.3 is 5.97 Å². The topological polar surface area (TPSA) is 40.5 Å². The second kappa shape index (κ2) is 4.77. The van der Waals surface area contributed by atoms with Crippen LogP contribution in [-0.4, -0.2) is 29.1 Å². The molecule has 1 fully saturated rings. The summed E-state index contributed by atoms with van der Waals surface area (Å²) in [7, 11) is 0. The highest BCUT2D eigenvalue weighted by molar-refractivity contribution is 7.09. The summed E-state index contributed by atoms with van der Waals surface area (Å²) >= 11 is 1.69. The molecule has 0 unspecified atom stereocenters. The molecule has 15 heavy (non-hydrogen) atoms. The van der Waals surface area contributed by atoms with E-state index in [2.05, 4.69) is 6.07 Å². The fourth-order valence-electron chi connectivity index (χ4n) is 1.66. The number of carboxylic acids is 1. The molecule has 0 radical (unpaired) electrons. The predicted molar refractivity (Wildman–Crippen MR) is 60.0 cm³/mol. The molecule has 0 spiro atoms. The molecule has 3 nitrogen and oxygen atoms in total. The van der Waals surface area contributed by atoms with E-state index in [0.717, 1.165) is 19.0 Å². The Morgan fingerprint density at radius 2 is 2.40 bits per heavy atom. The van der Waals surface area contributed by atoms with Gasteiger partial charge in [0.15, 0.2) is 0 Å². The zero-order valence-corrected chi connectivity index (χ0v) is 9.37. The Hall–Kier alpha value is -0.870. The molecule has 0 amide bonds. The third kappa shape index (κ3) is 3.64. The van der Waals surface area contributed by atoms with Crippen molar-refractivity contribution in [1.29, 1.82) is 0 Å². The SMILES string of the molecule is O=C(O)CN(Cc1cccs1)CC1CC1. The first kappa shape index (κ1) is 10.6. The van der Waals surface area contributed by atoms with Gasteiger partial charge in [-0.25, -0.2) is 0 Å². The fourth-order valence-corrected chi connectivity index (χ4v) is 2.41. The van der Waals surface area contributed by atoms with Crippen LogP contribution in [0.2, 0.25) is 0 Å². The van der Waals surface area contributed by atoms with Crippen LogP contribution in [0.3, 0.4) is 0 Å². The molecule has 2 rings (SSSR count). The van der Waals surface area contributed by atoms with Crippen LogP contribution in [0.5, 0.6) is 0 Å². The lowest BCUT2D eigenvalue weighted by molar-refractivity contribution is -0.138. The molecular formula is C11H15NO2S. The van der Waals surface area contributed by atoms with E-state index < -0.39 is 5.97 Å². The first-order valence-corrected chi connectivity index (χ1v) is 6.08. The second-order valence-electron chi connectivity index (χ2n) is 4.09. The molecule has 0 aliphatic heterocycles. The molecule has 0 bridgehead atoms. The normalized spacial score (nSPS) is 15.8. The molecule has 1 N–H and O–H groups in total. The van der Waals surface area contributed by atoms with E-state index in [0.29, 0.717) is 0 Å². The number of nitrogens with zero attached hydrogens (tertiary/aromatic N) is 1. The monoisotopic (exact) mass is 225 g/mol. The maximum absolute atomic E-state index is 10.7. The zero-order chi connectivity index (χ0) is 10.7. The number of carboxylic acid groups (broad SMARTS) is 1. The van der Waals surface area contributed by atoms with Gasteiger partial charge in [0.2, 0.25) is 0 Å². The smallest absolute Gasteiger partial charge is 0.317 e. The van der Waals surface area contributed by atoms with Gasteiger partial charge in [-0.05, 0) is 30.2 Å². The van der Waals surface area contributed by atoms with E-state index >= 15 is 0 Å². The summed E-state index contributed by atoms with van der Waals surface area (Å²) in [5, 5.41) is 10.8. The molecular weight excluding hydrogens is 210 g/mol. The van der Waals surface area contributed by atoms with E-state index in [9.17, 15) is 4.79 Å². The summed E-state index contributed by atoms with van der Waals surface area (Å²) in [6.45, 7) is 1.87. The minimum Gasteiger partial charge on any atom is -0.480 e. The van der Waals surface area contributed by atoms with Gasteiger partial charge in [0, 0.05) is 18.0 Å². The maximum atomic E-state index is 10.7. The first-order valence-electron chi connectivity index (χ1n) is 5.20. The number of carbonyl (C=O) groups is 1. The van der Waals surface area contributed by atoms with Gasteiger partial charge in [-0.1, -0.05) is 6.07 Å². The zero-order valence-electron chi connectivity index (χ0n) is 8.56. The molecule has 1 aromatic rings. The van der Waals surface area contributed by atoms with E-state index in [1.54, 1.807) is 11.3 Å². The van der Waals surface area contributed by atoms with E-state index in [4.69, 9.17) is 5.11 Å². The Kier molecular flexibility index (Phi) is 3.38. The van der Waals surface area contributed by atoms with Crippen LogP contribution in [0.4, 0.5) is 0 Å². The van der Waals surface area contributed by atoms with Gasteiger partial charge in [0.1, 0.15) is 0 Å². The highest BCUT2D eigenvalue weighted by Crippen LogP contribution is 2.30. The van der Waals surface area contributed by atoms with Gasteiger partial charge in [-0.15, -0.1) is 11.3 Å². The van der Waals surface area contributed by atoms with Crippen LogP contribution >= 0.6 is 11.3 Å². The van der Waals surface area contributed by atoms with Crippen LogP contribution < -0.4 is 0 Å². The molecule has 82 valence electrons. The predicted octanol–water partition coefficient (Wildman–Crippen LogP) is 2.04. The molecule has 0 saturated heterocycles. The van der Waals surface area contributed by atoms with Crippen LogP contribution in [0.1, 0.15) is 17.7 Å². The van der Waals surface area contributed by atoms with Crippen molar-refractivity contribution in [3.05, 3.63) is 22.4 Å². The van der Waals surface area contributed by atoms with Gasteiger partial charge in [0.05, 0.1) is 6.54 Å². The minimum atomic E-state index is -0.729. The molecule has 1 heterocycles. The molecule has 1 saturated carbocycles. The lowest BCUT2D eigenvalue weighted by atomic mass is 10.3. The number of rotatable bonds is 6. The summed E-state index contributed by atoms with van der Waals surface area (Å²) in [6.07, 6.45) is 2.53. The lowest BCUT2D eigenvalue weighted by Gasteiger charge is -2.18. The first-order chi connectivity index (χ1) is 7.24. The van der Waals surface area contributed by atoms with E-state index in [1.165, 1.54) is 17.7 Å². The van der Waals surface area contributed by atoms with Gasteiger partial charge in [0.25, 0.3) is 0 Å². The minimum absolute atomic E-state index is 0.161. The van der Waals surface area contributed by atoms with Crippen molar-refractivity contribution >= 4 is 17.3 Å². The quantitative estimate of drug-likeness (QED) is 0.805. The molecule has 1 aliphatic carbocycles. The van der Waals surface area contributed by atoms with E-state index in [1.807, 2.05) is 16.3 Å². The molecule has 4 heteroatoms. The standard InChI is InChI=1S/C11H15NO2S/c13-11(14)8-12(6-9-3-4-9)7-10-2-1-5-15-10/h1-2,5,9H,3-4,6-8H2,(H,13,14). The Labute approximate surface area is 93.3 Å². The van der Waals surface area contributed by atoms with Crippen molar-refractivity contribution in [3.8, 4) is 0 Å². The van der Waals surface area contributed by atoms with Gasteiger partial charge in [-0.3, -0.25) is 9.69 Å². The average molecular weight is 225 g/mol. The molecule has 0 atom stereocenters. The number of thiophene rings is 1. The van der Waals surface area contributed by atoms with Crippen LogP contribution in [-0.2, 0) is 11.3 Å². The van der Waals surface area contributed by atoms with Crippen LogP contribution in [0.15, 0.2) is 17.5 Å². The molecule has 0 aromatic carbocycles. The Bertz CT molecular complexity index is 319. The maximum Gasteiger partial charge on any atom is 0.317 e. The molecule has 1 aromatic heterocycles. The van der Waals surface area contributed by atoms with Gasteiger partial charge in [-0.2, -0.15) is 0 Å². The highest BCUT2D eigenvalue weighted by atomic mass is 32.1. The summed E-state index contributed by atoms with van der Waals surface area (Å²) in [6, 6.07) is 4.07. The summed E-state index contributed by atoms with van der Waals surface area (Å²) in [4.78, 5) is 14.0. The van der Waals surface area contributed by atoms with Crippen molar-refractivity contribution in [1.82, 2.24) is 4.90 Å². The third-order valence-corrected chi connectivity index (χ3v) is 3.39. The average Bonchev–Trinajstić information content (AvgIpc) is 2.80. The Morgan fingerprint density at radius 1 is 1.60 bits per heavy atom. The highest BCUT2D eigenvalue weighted by Gasteiger charge is 2.25. The number of hydrogen-bond donors (Lipinski definition) is 1. The summed E-state index contributed by atoms with van der Waals surface area (Å²) < 4.78 is 0. The van der Waals surface area contributed by atoms with E-state index in [-0.39, 0.29) is 6.54 Å². The van der Waals surface area contributed by atoms with Crippen LogP contribution in [0.25, 0.3) is 0 Å².